The van der Waals surface area contributed by atoms with Crippen LogP contribution in [0.3, 0.4) is 0 Å². The van der Waals surface area contributed by atoms with Gasteiger partial charge in [0.15, 0.2) is 0 Å². The largest absolute Gasteiger partial charge is 2.00 e. The van der Waals surface area contributed by atoms with Crippen LogP contribution in [-0.4, -0.2) is 9.97 Å². The van der Waals surface area contributed by atoms with Crippen molar-refractivity contribution in [3.05, 3.63) is 18.7 Å². The third kappa shape index (κ3) is 1.35. The van der Waals surface area contributed by atoms with Crippen molar-refractivity contribution in [2.24, 2.45) is 0 Å². The Bertz CT molecular complexity index is 65.3. The first kappa shape index (κ1) is 5.87. The third-order valence-corrected chi connectivity index (χ3v) is 0.406. The summed E-state index contributed by atoms with van der Waals surface area (Å²) in [6, 6.07) is 0. The molecule has 0 fully saturated rings. The number of nitrogens with zero attached hydrogens (tertiary/aromatic N) is 1. The second-order valence-corrected chi connectivity index (χ2v) is 0.761. The number of aromatic nitrogens is 2. The average molecular weight is 174 g/mol. The van der Waals surface area contributed by atoms with Crippen molar-refractivity contribution in [1.29, 1.82) is 0 Å². The van der Waals surface area contributed by atoms with Crippen LogP contribution in [0, 0.1) is 0 Å². The van der Waals surface area contributed by atoms with Gasteiger partial charge in [-0.25, -0.2) is 4.98 Å². The second kappa shape index (κ2) is 3.08. The van der Waals surface area contributed by atoms with Crippen molar-refractivity contribution in [2.75, 3.05) is 0 Å². The summed E-state index contributed by atoms with van der Waals surface area (Å²) >= 11 is 0. The Kier molecular flexibility index (Phi) is 3.01. The van der Waals surface area contributed by atoms with E-state index in [9.17, 15) is 0 Å². The van der Waals surface area contributed by atoms with E-state index in [1.54, 1.807) is 18.7 Å². The quantitative estimate of drug-likeness (QED) is 0.567. The number of nitrogens with one attached hydrogen (secondary N) is 1. The molecule has 1 heterocycles. The summed E-state index contributed by atoms with van der Waals surface area (Å²) in [5.74, 6) is 0. The van der Waals surface area contributed by atoms with Gasteiger partial charge in [-0.3, -0.25) is 0 Å². The summed E-state index contributed by atoms with van der Waals surface area (Å²) in [6.45, 7) is 0. The van der Waals surface area contributed by atoms with Crippen molar-refractivity contribution < 1.29 is 20.4 Å². The van der Waals surface area contributed by atoms with Gasteiger partial charge in [-0.15, -0.1) is 0 Å². The Morgan fingerprint density at radius 1 is 1.50 bits per heavy atom. The summed E-state index contributed by atoms with van der Waals surface area (Å²) in [4.78, 5) is 6.42. The van der Waals surface area contributed by atoms with Gasteiger partial charge in [-0.05, 0) is 0 Å². The van der Waals surface area contributed by atoms with E-state index in [0.717, 1.165) is 0 Å². The minimum Gasteiger partial charge on any atom is -0.351 e. The first-order chi connectivity index (χ1) is 2.50. The van der Waals surface area contributed by atoms with Crippen molar-refractivity contribution in [1.82, 2.24) is 9.97 Å². The van der Waals surface area contributed by atoms with Gasteiger partial charge in [0, 0.05) is 12.4 Å². The van der Waals surface area contributed by atoms with E-state index < -0.39 is 0 Å². The normalized spacial score (nSPS) is 6.67. The Labute approximate surface area is 49.6 Å². The molecule has 0 aliphatic carbocycles. The molecule has 0 aliphatic rings. The van der Waals surface area contributed by atoms with E-state index >= 15 is 0 Å². The van der Waals surface area contributed by atoms with Crippen LogP contribution in [0.15, 0.2) is 18.7 Å². The molecule has 0 saturated heterocycles. The molecule has 0 bridgehead atoms. The fourth-order valence-corrected chi connectivity index (χ4v) is 0.215. The van der Waals surface area contributed by atoms with E-state index in [2.05, 4.69) is 9.97 Å². The maximum absolute atomic E-state index is 3.67. The summed E-state index contributed by atoms with van der Waals surface area (Å²) in [5.41, 5.74) is 0. The standard InChI is InChI=1S/C3H4N2.Pd/c1-2-5-3-4-1;/h1-3H,(H,4,5);/q;+2. The average Bonchev–Trinajstić information content (AvgIpc) is 1.76. The summed E-state index contributed by atoms with van der Waals surface area (Å²) in [5, 5.41) is 0. The van der Waals surface area contributed by atoms with Crippen LogP contribution in [0.5, 0.6) is 0 Å². The van der Waals surface area contributed by atoms with E-state index in [-0.39, 0.29) is 20.4 Å². The number of rotatable bonds is 0. The molecule has 6 heavy (non-hydrogen) atoms. The molecule has 1 aromatic heterocycles. The van der Waals surface area contributed by atoms with Gasteiger partial charge in [0.2, 0.25) is 0 Å². The SMILES string of the molecule is [Pd+2].c1c[nH]cn1. The van der Waals surface area contributed by atoms with Crippen LogP contribution in [0.25, 0.3) is 0 Å². The zero-order valence-corrected chi connectivity index (χ0v) is 4.55. The number of imidazole rings is 1. The molecule has 0 aromatic carbocycles. The fraction of sp³-hybridized carbons (Fsp3) is 0. The number of hydrogen-bond donors (Lipinski definition) is 1. The second-order valence-electron chi connectivity index (χ2n) is 0.761. The molecule has 3 heteroatoms. The van der Waals surface area contributed by atoms with Gasteiger partial charge < -0.3 is 4.98 Å². The summed E-state index contributed by atoms with van der Waals surface area (Å²) in [7, 11) is 0. The van der Waals surface area contributed by atoms with Crippen molar-refractivity contribution in [3.8, 4) is 0 Å². The smallest absolute Gasteiger partial charge is 0.351 e. The molecule has 0 atom stereocenters. The van der Waals surface area contributed by atoms with Gasteiger partial charge in [0.1, 0.15) is 0 Å². The van der Waals surface area contributed by atoms with Crippen LogP contribution in [0.4, 0.5) is 0 Å². The van der Waals surface area contributed by atoms with Crippen molar-refractivity contribution in [2.45, 2.75) is 0 Å². The molecular formula is C3H4N2Pd+2. The molecule has 1 N–H and O–H groups in total. The van der Waals surface area contributed by atoms with Crippen LogP contribution < -0.4 is 0 Å². The summed E-state index contributed by atoms with van der Waals surface area (Å²) < 4.78 is 0. The third-order valence-electron chi connectivity index (χ3n) is 0.406. The van der Waals surface area contributed by atoms with Crippen molar-refractivity contribution >= 4 is 0 Å². The Hall–Kier alpha value is -0.128. The first-order valence-electron chi connectivity index (χ1n) is 1.43. The number of aromatic amines is 1. The molecule has 1 aromatic rings. The molecule has 0 saturated carbocycles. The first-order valence-corrected chi connectivity index (χ1v) is 1.43. The molecule has 0 aliphatic heterocycles. The molecule has 0 spiro atoms. The maximum Gasteiger partial charge on any atom is 2.00 e. The van der Waals surface area contributed by atoms with Gasteiger partial charge in [-0.1, -0.05) is 0 Å². The molecule has 2 nitrogen and oxygen atoms in total. The zero-order chi connectivity index (χ0) is 3.54. The number of hydrogen-bond acceptors (Lipinski definition) is 1. The predicted molar refractivity (Wildman–Crippen MR) is 18.6 cm³/mol. The molecule has 34 valence electrons. The Morgan fingerprint density at radius 2 is 2.33 bits per heavy atom. The van der Waals surface area contributed by atoms with E-state index in [1.807, 2.05) is 0 Å². The topological polar surface area (TPSA) is 28.7 Å². The van der Waals surface area contributed by atoms with E-state index in [0.29, 0.717) is 0 Å². The van der Waals surface area contributed by atoms with E-state index in [4.69, 9.17) is 0 Å². The van der Waals surface area contributed by atoms with Crippen LogP contribution in [0.1, 0.15) is 0 Å². The van der Waals surface area contributed by atoms with Crippen LogP contribution in [-0.2, 0) is 20.4 Å². The van der Waals surface area contributed by atoms with Crippen molar-refractivity contribution in [3.63, 3.8) is 0 Å². The molecule has 0 unspecified atom stereocenters. The minimum atomic E-state index is 0. The maximum atomic E-state index is 3.67. The van der Waals surface area contributed by atoms with E-state index in [1.165, 1.54) is 0 Å². The molecule has 0 amide bonds. The minimum absolute atomic E-state index is 0. The molecular weight excluding hydrogens is 170 g/mol. The predicted octanol–water partition coefficient (Wildman–Crippen LogP) is 0.407. The van der Waals surface area contributed by atoms with Gasteiger partial charge in [0.05, 0.1) is 6.33 Å². The monoisotopic (exact) mass is 174 g/mol. The fourth-order valence-electron chi connectivity index (χ4n) is 0.215. The Morgan fingerprint density at radius 3 is 2.50 bits per heavy atom. The van der Waals surface area contributed by atoms with Gasteiger partial charge in [-0.2, -0.15) is 0 Å². The summed E-state index contributed by atoms with van der Waals surface area (Å²) in [6.07, 6.45) is 5.08. The van der Waals surface area contributed by atoms with Gasteiger partial charge in [0.25, 0.3) is 0 Å². The van der Waals surface area contributed by atoms with Gasteiger partial charge >= 0.3 is 20.4 Å². The number of H-pyrrole nitrogens is 1. The Balaban J connectivity index is 0.000000250. The van der Waals surface area contributed by atoms with Crippen LogP contribution >= 0.6 is 0 Å². The zero-order valence-electron chi connectivity index (χ0n) is 3.00. The molecule has 1 rings (SSSR count). The molecule has 0 radical (unpaired) electrons. The van der Waals surface area contributed by atoms with Crippen LogP contribution in [0.2, 0.25) is 0 Å².